The van der Waals surface area contributed by atoms with Gasteiger partial charge >= 0.3 is 8.80 Å². The van der Waals surface area contributed by atoms with Gasteiger partial charge in [-0.15, -0.1) is 0 Å². The van der Waals surface area contributed by atoms with Gasteiger partial charge in [-0.25, -0.2) is 0 Å². The fourth-order valence-electron chi connectivity index (χ4n) is 2.85. The molecule has 0 fully saturated rings. The maximum Gasteiger partial charge on any atom is 0.500 e. The van der Waals surface area contributed by atoms with Crippen molar-refractivity contribution in [3.63, 3.8) is 0 Å². The highest BCUT2D eigenvalue weighted by Gasteiger charge is 2.43. The standard InChI is InChI=1S/C18H29NO3Si/c1-5-18(16-19,17-12-10-9-11-13-17)14-15-23(20-6-2,21-7-3)22-8-4/h9-13H,5-8,14-15H2,1-4H3. The van der Waals surface area contributed by atoms with Crippen molar-refractivity contribution < 1.29 is 13.3 Å². The molecule has 0 aliphatic heterocycles. The van der Waals surface area contributed by atoms with Gasteiger partial charge in [0.25, 0.3) is 0 Å². The summed E-state index contributed by atoms with van der Waals surface area (Å²) in [7, 11) is -2.72. The van der Waals surface area contributed by atoms with E-state index >= 15 is 0 Å². The maximum atomic E-state index is 9.86. The average Bonchev–Trinajstić information content (AvgIpc) is 2.58. The van der Waals surface area contributed by atoms with E-state index < -0.39 is 14.2 Å². The van der Waals surface area contributed by atoms with Crippen molar-refractivity contribution >= 4 is 8.80 Å². The molecule has 1 rings (SSSR count). The van der Waals surface area contributed by atoms with E-state index in [1.54, 1.807) is 0 Å². The van der Waals surface area contributed by atoms with Crippen LogP contribution in [0.1, 0.15) is 46.1 Å². The van der Waals surface area contributed by atoms with E-state index in [9.17, 15) is 5.26 Å². The molecule has 0 saturated heterocycles. The van der Waals surface area contributed by atoms with Crippen molar-refractivity contribution in [1.29, 1.82) is 5.26 Å². The monoisotopic (exact) mass is 335 g/mol. The number of nitrogens with zero attached hydrogens (tertiary/aromatic N) is 1. The zero-order valence-electron chi connectivity index (χ0n) is 14.8. The summed E-state index contributed by atoms with van der Waals surface area (Å²) in [6.45, 7) is 9.59. The Morgan fingerprint density at radius 1 is 0.957 bits per heavy atom. The van der Waals surface area contributed by atoms with Gasteiger partial charge in [0.15, 0.2) is 0 Å². The van der Waals surface area contributed by atoms with Gasteiger partial charge in [-0.1, -0.05) is 37.3 Å². The molecule has 0 saturated carbocycles. The number of benzene rings is 1. The number of hydrogen-bond donors (Lipinski definition) is 0. The summed E-state index contributed by atoms with van der Waals surface area (Å²) in [5.41, 5.74) is 0.530. The Bertz CT molecular complexity index is 472. The topological polar surface area (TPSA) is 51.5 Å². The van der Waals surface area contributed by atoms with Crippen molar-refractivity contribution in [3.05, 3.63) is 35.9 Å². The first-order valence-corrected chi connectivity index (χ1v) is 10.4. The minimum absolute atomic E-state index is 0.523. The van der Waals surface area contributed by atoms with E-state index in [1.807, 2.05) is 51.1 Å². The zero-order valence-corrected chi connectivity index (χ0v) is 15.8. The third-order valence-electron chi connectivity index (χ3n) is 4.09. The third-order valence-corrected chi connectivity index (χ3v) is 7.14. The Kier molecular flexibility index (Phi) is 8.49. The van der Waals surface area contributed by atoms with Crippen LogP contribution in [0.4, 0.5) is 0 Å². The second kappa shape index (κ2) is 9.84. The molecule has 0 spiro atoms. The van der Waals surface area contributed by atoms with Gasteiger partial charge in [-0.2, -0.15) is 5.26 Å². The van der Waals surface area contributed by atoms with E-state index in [4.69, 9.17) is 13.3 Å². The molecular weight excluding hydrogens is 306 g/mol. The minimum atomic E-state index is -2.72. The SMILES string of the molecule is CCO[Si](CCC(C#N)(CC)c1ccccc1)(OCC)OCC. The molecule has 0 amide bonds. The van der Waals surface area contributed by atoms with Crippen molar-refractivity contribution in [3.8, 4) is 6.07 Å². The molecule has 0 bridgehead atoms. The molecule has 1 aromatic carbocycles. The minimum Gasteiger partial charge on any atom is -0.374 e. The number of hydrogen-bond acceptors (Lipinski definition) is 4. The Labute approximate surface area is 141 Å². The lowest BCUT2D eigenvalue weighted by atomic mass is 9.77. The van der Waals surface area contributed by atoms with Crippen LogP contribution in [0.2, 0.25) is 6.04 Å². The molecular formula is C18H29NO3Si. The summed E-state index contributed by atoms with van der Waals surface area (Å²) in [6, 6.07) is 13.2. The maximum absolute atomic E-state index is 9.86. The van der Waals surface area contributed by atoms with Gasteiger partial charge in [0.1, 0.15) is 0 Å². The Balaban J connectivity index is 3.01. The largest absolute Gasteiger partial charge is 0.500 e. The number of rotatable bonds is 11. The van der Waals surface area contributed by atoms with Gasteiger partial charge in [-0.05, 0) is 39.2 Å². The zero-order chi connectivity index (χ0) is 17.2. The molecule has 0 heterocycles. The van der Waals surface area contributed by atoms with Gasteiger partial charge in [0, 0.05) is 25.9 Å². The highest BCUT2D eigenvalue weighted by atomic mass is 28.4. The van der Waals surface area contributed by atoms with Crippen LogP contribution >= 0.6 is 0 Å². The molecule has 4 nitrogen and oxygen atoms in total. The van der Waals surface area contributed by atoms with Gasteiger partial charge < -0.3 is 13.3 Å². The lowest BCUT2D eigenvalue weighted by Crippen LogP contribution is -2.47. The molecule has 1 unspecified atom stereocenters. The summed E-state index contributed by atoms with van der Waals surface area (Å²) in [5, 5.41) is 9.86. The smallest absolute Gasteiger partial charge is 0.374 e. The van der Waals surface area contributed by atoms with Crippen LogP contribution in [0, 0.1) is 11.3 Å². The fourth-order valence-corrected chi connectivity index (χ4v) is 5.59. The second-order valence-corrected chi connectivity index (χ2v) is 8.13. The Morgan fingerprint density at radius 2 is 1.48 bits per heavy atom. The van der Waals surface area contributed by atoms with Crippen LogP contribution in [0.5, 0.6) is 0 Å². The molecule has 1 aromatic rings. The summed E-state index contributed by atoms with van der Waals surface area (Å²) in [4.78, 5) is 0. The summed E-state index contributed by atoms with van der Waals surface area (Å²) in [6.07, 6.45) is 1.43. The third kappa shape index (κ3) is 5.15. The number of nitriles is 1. The first kappa shape index (κ1) is 19.9. The Morgan fingerprint density at radius 3 is 1.87 bits per heavy atom. The molecule has 1 atom stereocenters. The normalized spacial score (nSPS) is 14.2. The quantitative estimate of drug-likeness (QED) is 0.566. The van der Waals surface area contributed by atoms with Crippen molar-refractivity contribution in [2.45, 2.75) is 52.0 Å². The van der Waals surface area contributed by atoms with Crippen LogP contribution in [0.3, 0.4) is 0 Å². The van der Waals surface area contributed by atoms with Crippen molar-refractivity contribution in [2.24, 2.45) is 0 Å². The highest BCUT2D eigenvalue weighted by Crippen LogP contribution is 2.35. The van der Waals surface area contributed by atoms with Gasteiger partial charge in [-0.3, -0.25) is 0 Å². The van der Waals surface area contributed by atoms with E-state index in [0.717, 1.165) is 12.0 Å². The molecule has 5 heteroatoms. The molecule has 0 aromatic heterocycles. The van der Waals surface area contributed by atoms with Crippen LogP contribution in [-0.4, -0.2) is 28.6 Å². The summed E-state index contributed by atoms with van der Waals surface area (Å²) >= 11 is 0. The van der Waals surface area contributed by atoms with Crippen LogP contribution in [-0.2, 0) is 18.7 Å². The molecule has 0 aliphatic carbocycles. The van der Waals surface area contributed by atoms with Crippen LogP contribution in [0.15, 0.2) is 30.3 Å². The first-order valence-electron chi connectivity index (χ1n) is 8.50. The predicted octanol–water partition coefficient (Wildman–Crippen LogP) is 4.30. The molecule has 128 valence electrons. The van der Waals surface area contributed by atoms with Crippen molar-refractivity contribution in [2.75, 3.05) is 19.8 Å². The van der Waals surface area contributed by atoms with Gasteiger partial charge in [0.2, 0.25) is 0 Å². The Hall–Kier alpha value is -1.19. The first-order chi connectivity index (χ1) is 11.1. The molecule has 0 aliphatic rings. The van der Waals surface area contributed by atoms with Gasteiger partial charge in [0.05, 0.1) is 11.5 Å². The van der Waals surface area contributed by atoms with E-state index in [0.29, 0.717) is 32.3 Å². The fraction of sp³-hybridized carbons (Fsp3) is 0.611. The van der Waals surface area contributed by atoms with E-state index in [-0.39, 0.29) is 0 Å². The van der Waals surface area contributed by atoms with Crippen molar-refractivity contribution in [1.82, 2.24) is 0 Å². The lowest BCUT2D eigenvalue weighted by molar-refractivity contribution is 0.0695. The van der Waals surface area contributed by atoms with Crippen LogP contribution in [0.25, 0.3) is 0 Å². The molecule has 0 radical (unpaired) electrons. The summed E-state index contributed by atoms with van der Waals surface area (Å²) < 4.78 is 17.7. The lowest BCUT2D eigenvalue weighted by Gasteiger charge is -2.32. The molecule has 23 heavy (non-hydrogen) atoms. The summed E-state index contributed by atoms with van der Waals surface area (Å²) in [5.74, 6) is 0. The van der Waals surface area contributed by atoms with E-state index in [2.05, 4.69) is 13.0 Å². The van der Waals surface area contributed by atoms with E-state index in [1.165, 1.54) is 0 Å². The average molecular weight is 336 g/mol. The predicted molar refractivity (Wildman–Crippen MR) is 94.1 cm³/mol. The molecule has 0 N–H and O–H groups in total. The van der Waals surface area contributed by atoms with Crippen LogP contribution < -0.4 is 0 Å². The second-order valence-electron chi connectivity index (χ2n) is 5.40. The highest BCUT2D eigenvalue weighted by molar-refractivity contribution is 6.60.